The second-order valence-corrected chi connectivity index (χ2v) is 8.95. The predicted molar refractivity (Wildman–Crippen MR) is 118 cm³/mol. The van der Waals surface area contributed by atoms with E-state index in [0.29, 0.717) is 30.4 Å². The molecule has 0 unspecified atom stereocenters. The van der Waals surface area contributed by atoms with E-state index in [2.05, 4.69) is 0 Å². The van der Waals surface area contributed by atoms with Crippen molar-refractivity contribution in [1.82, 2.24) is 0 Å². The third-order valence-corrected chi connectivity index (χ3v) is 6.76. The maximum absolute atomic E-state index is 14.0. The SMILES string of the molecule is CN(C(=O)CN(c1cccc(F)c1)S(=O)(=O)c1ccc2c(c1)OCCO2)c1ccccc1. The molecule has 0 atom stereocenters. The highest BCUT2D eigenvalue weighted by Gasteiger charge is 2.30. The summed E-state index contributed by atoms with van der Waals surface area (Å²) in [5.41, 5.74) is 0.642. The molecule has 0 aromatic heterocycles. The lowest BCUT2D eigenvalue weighted by molar-refractivity contribution is -0.116. The van der Waals surface area contributed by atoms with Crippen LogP contribution in [0, 0.1) is 5.82 Å². The first-order valence-corrected chi connectivity index (χ1v) is 11.3. The van der Waals surface area contributed by atoms with Crippen LogP contribution in [0.15, 0.2) is 77.7 Å². The molecule has 0 aliphatic carbocycles. The minimum atomic E-state index is -4.23. The maximum Gasteiger partial charge on any atom is 0.264 e. The first kappa shape index (κ1) is 21.6. The van der Waals surface area contributed by atoms with Crippen LogP contribution in [0.5, 0.6) is 11.5 Å². The number of nitrogens with zero attached hydrogens (tertiary/aromatic N) is 2. The van der Waals surface area contributed by atoms with Crippen molar-refractivity contribution in [2.24, 2.45) is 0 Å². The second-order valence-electron chi connectivity index (χ2n) is 7.09. The Morgan fingerprint density at radius 1 is 0.906 bits per heavy atom. The van der Waals surface area contributed by atoms with Crippen molar-refractivity contribution in [3.05, 3.63) is 78.6 Å². The summed E-state index contributed by atoms with van der Waals surface area (Å²) in [6.07, 6.45) is 0. The number of anilines is 2. The molecule has 0 N–H and O–H groups in total. The Morgan fingerprint density at radius 2 is 1.59 bits per heavy atom. The molecule has 0 bridgehead atoms. The normalized spacial score (nSPS) is 12.8. The molecule has 0 saturated carbocycles. The van der Waals surface area contributed by atoms with E-state index in [0.717, 1.165) is 10.4 Å². The van der Waals surface area contributed by atoms with Crippen LogP contribution in [0.25, 0.3) is 0 Å². The van der Waals surface area contributed by atoms with Gasteiger partial charge in [-0.1, -0.05) is 24.3 Å². The summed E-state index contributed by atoms with van der Waals surface area (Å²) in [7, 11) is -2.68. The van der Waals surface area contributed by atoms with Crippen LogP contribution in [0.2, 0.25) is 0 Å². The second kappa shape index (κ2) is 8.88. The fraction of sp³-hybridized carbons (Fsp3) is 0.174. The molecule has 0 spiro atoms. The smallest absolute Gasteiger partial charge is 0.264 e. The van der Waals surface area contributed by atoms with Gasteiger partial charge < -0.3 is 14.4 Å². The van der Waals surface area contributed by atoms with Crippen LogP contribution < -0.4 is 18.7 Å². The molecule has 1 heterocycles. The van der Waals surface area contributed by atoms with Crippen molar-refractivity contribution < 1.29 is 27.1 Å². The molecule has 3 aromatic carbocycles. The number of sulfonamides is 1. The van der Waals surface area contributed by atoms with Crippen molar-refractivity contribution in [2.45, 2.75) is 4.90 Å². The summed E-state index contributed by atoms with van der Waals surface area (Å²) in [6, 6.07) is 18.2. The molecule has 0 fully saturated rings. The molecule has 1 aliphatic heterocycles. The number of carbonyl (C=O) groups is 1. The molecule has 0 radical (unpaired) electrons. The van der Waals surface area contributed by atoms with Crippen molar-refractivity contribution in [2.75, 3.05) is 36.0 Å². The van der Waals surface area contributed by atoms with Gasteiger partial charge in [0.2, 0.25) is 5.91 Å². The fourth-order valence-corrected chi connectivity index (χ4v) is 4.70. The minimum Gasteiger partial charge on any atom is -0.486 e. The molecular weight excluding hydrogens is 435 g/mol. The number of rotatable bonds is 6. The zero-order valence-corrected chi connectivity index (χ0v) is 18.1. The summed E-state index contributed by atoms with van der Waals surface area (Å²) < 4.78 is 52.9. The number of fused-ring (bicyclic) bond motifs is 1. The van der Waals surface area contributed by atoms with E-state index in [1.807, 2.05) is 6.07 Å². The van der Waals surface area contributed by atoms with Gasteiger partial charge in [0.1, 0.15) is 25.6 Å². The third-order valence-electron chi connectivity index (χ3n) is 4.99. The summed E-state index contributed by atoms with van der Waals surface area (Å²) in [5.74, 6) is -0.369. The summed E-state index contributed by atoms with van der Waals surface area (Å²) in [5, 5.41) is 0. The van der Waals surface area contributed by atoms with Crippen molar-refractivity contribution in [3.63, 3.8) is 0 Å². The zero-order chi connectivity index (χ0) is 22.7. The Bertz CT molecular complexity index is 1230. The summed E-state index contributed by atoms with van der Waals surface area (Å²) in [4.78, 5) is 14.3. The Hall–Kier alpha value is -3.59. The van der Waals surface area contributed by atoms with Crippen LogP contribution in [0.3, 0.4) is 0 Å². The molecule has 1 amide bonds. The Morgan fingerprint density at radius 3 is 2.31 bits per heavy atom. The minimum absolute atomic E-state index is 0.0368. The van der Waals surface area contributed by atoms with Gasteiger partial charge in [0, 0.05) is 18.8 Å². The van der Waals surface area contributed by atoms with Crippen LogP contribution >= 0.6 is 0 Å². The van der Waals surface area contributed by atoms with E-state index in [9.17, 15) is 17.6 Å². The van der Waals surface area contributed by atoms with Gasteiger partial charge in [-0.05, 0) is 42.5 Å². The van der Waals surface area contributed by atoms with Crippen LogP contribution in [0.1, 0.15) is 0 Å². The Balaban J connectivity index is 1.71. The fourth-order valence-electron chi connectivity index (χ4n) is 3.28. The molecule has 3 aromatic rings. The van der Waals surface area contributed by atoms with E-state index in [1.165, 1.54) is 41.3 Å². The molecule has 4 rings (SSSR count). The van der Waals surface area contributed by atoms with E-state index in [-0.39, 0.29) is 10.6 Å². The summed E-state index contributed by atoms with van der Waals surface area (Å²) in [6.45, 7) is 0.144. The molecular formula is C23H21FN2O5S. The molecule has 7 nitrogen and oxygen atoms in total. The van der Waals surface area contributed by atoms with Gasteiger partial charge in [-0.15, -0.1) is 0 Å². The predicted octanol–water partition coefficient (Wildman–Crippen LogP) is 3.46. The topological polar surface area (TPSA) is 76.2 Å². The van der Waals surface area contributed by atoms with Gasteiger partial charge in [-0.2, -0.15) is 0 Å². The van der Waals surface area contributed by atoms with Gasteiger partial charge >= 0.3 is 0 Å². The van der Waals surface area contributed by atoms with E-state index < -0.39 is 28.3 Å². The molecule has 9 heteroatoms. The maximum atomic E-state index is 14.0. The number of carbonyl (C=O) groups excluding carboxylic acids is 1. The largest absolute Gasteiger partial charge is 0.486 e. The number of ether oxygens (including phenoxy) is 2. The lowest BCUT2D eigenvalue weighted by Gasteiger charge is -2.27. The molecule has 1 aliphatic rings. The Kier molecular flexibility index (Phi) is 6.00. The van der Waals surface area contributed by atoms with Gasteiger partial charge in [-0.3, -0.25) is 9.10 Å². The lowest BCUT2D eigenvalue weighted by Crippen LogP contribution is -2.41. The number of hydrogen-bond donors (Lipinski definition) is 0. The van der Waals surface area contributed by atoms with Gasteiger partial charge in [-0.25, -0.2) is 12.8 Å². The number of para-hydroxylation sites is 1. The number of amides is 1. The molecule has 32 heavy (non-hydrogen) atoms. The number of benzene rings is 3. The number of likely N-dealkylation sites (N-methyl/N-ethyl adjacent to an activating group) is 1. The van der Waals surface area contributed by atoms with Crippen molar-refractivity contribution >= 4 is 27.3 Å². The molecule has 166 valence electrons. The average Bonchev–Trinajstić information content (AvgIpc) is 2.82. The highest BCUT2D eigenvalue weighted by Crippen LogP contribution is 2.34. The van der Waals surface area contributed by atoms with E-state index in [1.54, 1.807) is 31.3 Å². The first-order chi connectivity index (χ1) is 15.4. The first-order valence-electron chi connectivity index (χ1n) is 9.86. The van der Waals surface area contributed by atoms with Crippen LogP contribution in [-0.4, -0.2) is 41.1 Å². The van der Waals surface area contributed by atoms with Crippen LogP contribution in [0.4, 0.5) is 15.8 Å². The lowest BCUT2D eigenvalue weighted by atomic mass is 10.3. The quantitative estimate of drug-likeness (QED) is 0.568. The van der Waals surface area contributed by atoms with Crippen LogP contribution in [-0.2, 0) is 14.8 Å². The van der Waals surface area contributed by atoms with Gasteiger partial charge in [0.25, 0.3) is 10.0 Å². The zero-order valence-electron chi connectivity index (χ0n) is 17.3. The van der Waals surface area contributed by atoms with E-state index >= 15 is 0 Å². The standard InChI is InChI=1S/C23H21FN2O5S/c1-25(18-7-3-2-4-8-18)23(27)16-26(19-9-5-6-17(24)14-19)32(28,29)20-10-11-21-22(15-20)31-13-12-30-21/h2-11,14-15H,12-13,16H2,1H3. The highest BCUT2D eigenvalue weighted by atomic mass is 32.2. The van der Waals surface area contributed by atoms with E-state index in [4.69, 9.17) is 9.47 Å². The number of hydrogen-bond acceptors (Lipinski definition) is 5. The van der Waals surface area contributed by atoms with Gasteiger partial charge in [0.15, 0.2) is 11.5 Å². The highest BCUT2D eigenvalue weighted by molar-refractivity contribution is 7.92. The third kappa shape index (κ3) is 4.38. The summed E-state index contributed by atoms with van der Waals surface area (Å²) >= 11 is 0. The monoisotopic (exact) mass is 456 g/mol. The van der Waals surface area contributed by atoms with Crippen molar-refractivity contribution in [3.8, 4) is 11.5 Å². The van der Waals surface area contributed by atoms with Crippen molar-refractivity contribution in [1.29, 1.82) is 0 Å². The number of halogens is 1. The Labute approximate surface area is 185 Å². The molecule has 0 saturated heterocycles. The average molecular weight is 456 g/mol. The van der Waals surface area contributed by atoms with Gasteiger partial charge in [0.05, 0.1) is 10.6 Å².